The fraction of sp³-hybridized carbons (Fsp3) is 0.190. The van der Waals surface area contributed by atoms with E-state index >= 15 is 0 Å². The first kappa shape index (κ1) is 16.3. The van der Waals surface area contributed by atoms with E-state index < -0.39 is 0 Å². The number of carbonyl (C=O) groups excluding carboxylic acids is 2. The number of H-pyrrole nitrogens is 1. The molecule has 130 valence electrons. The van der Waals surface area contributed by atoms with Crippen molar-refractivity contribution in [3.8, 4) is 0 Å². The second-order valence-corrected chi connectivity index (χ2v) is 6.31. The molecular formula is C21H18N2O3. The van der Waals surface area contributed by atoms with Crippen LogP contribution in [0.4, 0.5) is 5.69 Å². The van der Waals surface area contributed by atoms with E-state index in [9.17, 15) is 14.4 Å². The van der Waals surface area contributed by atoms with E-state index in [4.69, 9.17) is 0 Å². The number of rotatable bonds is 3. The smallest absolute Gasteiger partial charge is 0.271 e. The van der Waals surface area contributed by atoms with Gasteiger partial charge in [0.15, 0.2) is 11.6 Å². The Hall–Kier alpha value is -3.21. The van der Waals surface area contributed by atoms with Gasteiger partial charge in [-0.2, -0.15) is 0 Å². The Morgan fingerprint density at radius 1 is 0.846 bits per heavy atom. The van der Waals surface area contributed by atoms with Crippen LogP contribution in [0.15, 0.2) is 47.3 Å². The Kier molecular flexibility index (Phi) is 3.72. The van der Waals surface area contributed by atoms with Gasteiger partial charge in [-0.1, -0.05) is 30.3 Å². The van der Waals surface area contributed by atoms with Crippen LogP contribution in [-0.4, -0.2) is 29.6 Å². The number of carbonyl (C=O) groups is 2. The van der Waals surface area contributed by atoms with Gasteiger partial charge in [0.2, 0.25) is 0 Å². The van der Waals surface area contributed by atoms with Crippen molar-refractivity contribution in [3.63, 3.8) is 0 Å². The van der Waals surface area contributed by atoms with Crippen LogP contribution in [0.3, 0.4) is 0 Å². The number of benzene rings is 2. The van der Waals surface area contributed by atoms with Gasteiger partial charge < -0.3 is 9.88 Å². The molecule has 1 N–H and O–H groups in total. The van der Waals surface area contributed by atoms with Crippen molar-refractivity contribution in [2.24, 2.45) is 0 Å². The van der Waals surface area contributed by atoms with Gasteiger partial charge >= 0.3 is 0 Å². The molecule has 0 saturated carbocycles. The minimum Gasteiger partial charge on any atom is -0.368 e. The van der Waals surface area contributed by atoms with Gasteiger partial charge in [0.05, 0.1) is 11.1 Å². The number of fused-ring (bicyclic) bond motifs is 4. The molecule has 0 amide bonds. The van der Waals surface area contributed by atoms with Crippen molar-refractivity contribution in [3.05, 3.63) is 75.1 Å². The third-order valence-electron chi connectivity index (χ3n) is 4.99. The Labute approximate surface area is 150 Å². The van der Waals surface area contributed by atoms with Gasteiger partial charge in [-0.3, -0.25) is 14.4 Å². The summed E-state index contributed by atoms with van der Waals surface area (Å²) < 4.78 is 0. The summed E-state index contributed by atoms with van der Waals surface area (Å²) in [6.45, 7) is 5.39. The van der Waals surface area contributed by atoms with Crippen LogP contribution < -0.4 is 10.5 Å². The predicted octanol–water partition coefficient (Wildman–Crippen LogP) is 3.15. The Bertz CT molecular complexity index is 1120. The van der Waals surface area contributed by atoms with E-state index in [1.54, 1.807) is 42.5 Å². The molecular weight excluding hydrogens is 328 g/mol. The van der Waals surface area contributed by atoms with Crippen molar-refractivity contribution >= 4 is 28.2 Å². The van der Waals surface area contributed by atoms with Gasteiger partial charge in [-0.15, -0.1) is 0 Å². The second kappa shape index (κ2) is 5.95. The minimum atomic E-state index is -0.256. The highest BCUT2D eigenvalue weighted by Gasteiger charge is 2.31. The number of aromatic nitrogens is 1. The molecule has 3 aromatic rings. The Balaban J connectivity index is 2.01. The molecule has 0 fully saturated rings. The molecule has 2 aromatic carbocycles. The number of hydrogen-bond acceptors (Lipinski definition) is 4. The maximum absolute atomic E-state index is 13.0. The summed E-state index contributed by atoms with van der Waals surface area (Å²) in [6, 6.07) is 12.1. The van der Waals surface area contributed by atoms with Crippen LogP contribution >= 0.6 is 0 Å². The zero-order valence-corrected chi connectivity index (χ0v) is 14.6. The molecule has 0 unspecified atom stereocenters. The summed E-state index contributed by atoms with van der Waals surface area (Å²) >= 11 is 0. The van der Waals surface area contributed by atoms with E-state index in [0.717, 1.165) is 5.39 Å². The largest absolute Gasteiger partial charge is 0.368 e. The molecule has 0 saturated heterocycles. The Morgan fingerprint density at radius 3 is 2.15 bits per heavy atom. The standard InChI is InChI=1S/C21H18N2O3/c1-3-23(4-2)16-11-12-9-10-15-17(18(12)22-21(16)26)20(25)14-8-6-5-7-13(14)19(15)24/h5-11H,3-4H2,1-2H3,(H,22,26). The van der Waals surface area contributed by atoms with Gasteiger partial charge in [0, 0.05) is 35.2 Å². The number of ketones is 2. The van der Waals surface area contributed by atoms with Crippen LogP contribution in [0, 0.1) is 0 Å². The van der Waals surface area contributed by atoms with Crippen molar-refractivity contribution in [2.75, 3.05) is 18.0 Å². The predicted molar refractivity (Wildman–Crippen MR) is 101 cm³/mol. The molecule has 0 bridgehead atoms. The van der Waals surface area contributed by atoms with Crippen LogP contribution in [0.25, 0.3) is 10.9 Å². The molecule has 4 rings (SSSR count). The monoisotopic (exact) mass is 346 g/mol. The molecule has 1 heterocycles. The second-order valence-electron chi connectivity index (χ2n) is 6.31. The van der Waals surface area contributed by atoms with Crippen molar-refractivity contribution in [2.45, 2.75) is 13.8 Å². The first-order chi connectivity index (χ1) is 12.6. The summed E-state index contributed by atoms with van der Waals surface area (Å²) in [7, 11) is 0. The van der Waals surface area contributed by atoms with E-state index in [2.05, 4.69) is 4.98 Å². The van der Waals surface area contributed by atoms with Crippen LogP contribution in [0.5, 0.6) is 0 Å². The molecule has 1 aliphatic rings. The summed E-state index contributed by atoms with van der Waals surface area (Å²) in [5.74, 6) is -0.419. The molecule has 5 heteroatoms. The Morgan fingerprint density at radius 2 is 1.50 bits per heavy atom. The number of anilines is 1. The fourth-order valence-electron chi connectivity index (χ4n) is 3.65. The molecule has 0 atom stereocenters. The number of hydrogen-bond donors (Lipinski definition) is 1. The van der Waals surface area contributed by atoms with Crippen molar-refractivity contribution in [1.82, 2.24) is 4.98 Å². The lowest BCUT2D eigenvalue weighted by Crippen LogP contribution is -2.29. The summed E-state index contributed by atoms with van der Waals surface area (Å²) in [5, 5.41) is 0.741. The first-order valence-electron chi connectivity index (χ1n) is 8.70. The average Bonchev–Trinajstić information content (AvgIpc) is 2.66. The van der Waals surface area contributed by atoms with Crippen molar-refractivity contribution < 1.29 is 9.59 Å². The van der Waals surface area contributed by atoms with E-state index in [1.807, 2.05) is 18.7 Å². The maximum atomic E-state index is 13.0. The summed E-state index contributed by atoms with van der Waals surface area (Å²) in [6.07, 6.45) is 0. The van der Waals surface area contributed by atoms with E-state index in [-0.39, 0.29) is 22.7 Å². The van der Waals surface area contributed by atoms with E-state index in [0.29, 0.717) is 41.0 Å². The molecule has 26 heavy (non-hydrogen) atoms. The maximum Gasteiger partial charge on any atom is 0.271 e. The van der Waals surface area contributed by atoms with Gasteiger partial charge in [0.1, 0.15) is 5.69 Å². The highest BCUT2D eigenvalue weighted by molar-refractivity contribution is 6.31. The summed E-state index contributed by atoms with van der Waals surface area (Å²) in [5.41, 5.74) is 2.15. The number of nitrogens with one attached hydrogen (secondary N) is 1. The zero-order chi connectivity index (χ0) is 18.4. The molecule has 0 radical (unpaired) electrons. The lowest BCUT2D eigenvalue weighted by molar-refractivity contribution is 0.0980. The third-order valence-corrected chi connectivity index (χ3v) is 4.99. The van der Waals surface area contributed by atoms with E-state index in [1.165, 1.54) is 0 Å². The topological polar surface area (TPSA) is 70.2 Å². The highest BCUT2D eigenvalue weighted by atomic mass is 16.1. The molecule has 1 aromatic heterocycles. The molecule has 0 spiro atoms. The van der Waals surface area contributed by atoms with Crippen molar-refractivity contribution in [1.29, 1.82) is 0 Å². The number of pyridine rings is 1. The van der Waals surface area contributed by atoms with Crippen LogP contribution in [0.2, 0.25) is 0 Å². The quantitative estimate of drug-likeness (QED) is 0.619. The molecule has 5 nitrogen and oxygen atoms in total. The number of aromatic amines is 1. The third kappa shape index (κ3) is 2.20. The molecule has 0 aliphatic heterocycles. The lowest BCUT2D eigenvalue weighted by Gasteiger charge is -2.22. The van der Waals surface area contributed by atoms with Crippen LogP contribution in [0.1, 0.15) is 45.7 Å². The highest BCUT2D eigenvalue weighted by Crippen LogP contribution is 2.32. The number of nitrogens with zero attached hydrogens (tertiary/aromatic N) is 1. The lowest BCUT2D eigenvalue weighted by atomic mass is 9.83. The van der Waals surface area contributed by atoms with Gasteiger partial charge in [-0.05, 0) is 26.0 Å². The fourth-order valence-corrected chi connectivity index (χ4v) is 3.65. The normalized spacial score (nSPS) is 12.8. The van der Waals surface area contributed by atoms with Gasteiger partial charge in [-0.25, -0.2) is 0 Å². The first-order valence-corrected chi connectivity index (χ1v) is 8.70. The minimum absolute atomic E-state index is 0.189. The molecule has 1 aliphatic carbocycles. The SMILES string of the molecule is CCN(CC)c1cc2ccc3c(c2[nH]c1=O)C(=O)c1ccccc1C3=O. The zero-order valence-electron chi connectivity index (χ0n) is 14.6. The van der Waals surface area contributed by atoms with Gasteiger partial charge in [0.25, 0.3) is 5.56 Å². The average molecular weight is 346 g/mol. The summed E-state index contributed by atoms with van der Waals surface area (Å²) in [4.78, 5) is 43.2. The van der Waals surface area contributed by atoms with Crippen LogP contribution in [-0.2, 0) is 0 Å².